The maximum Gasteiger partial charge on any atom is 0.329 e. The number of amides is 1. The van der Waals surface area contributed by atoms with Crippen molar-refractivity contribution in [1.82, 2.24) is 14.7 Å². The van der Waals surface area contributed by atoms with Crippen molar-refractivity contribution < 1.29 is 23.9 Å². The number of carbonyl (C=O) groups is 3. The minimum Gasteiger partial charge on any atom is -0.460 e. The van der Waals surface area contributed by atoms with Gasteiger partial charge in [-0.1, -0.05) is 12.1 Å². The maximum absolute atomic E-state index is 13.0. The molecule has 0 unspecified atom stereocenters. The molecule has 1 atom stereocenters. The van der Waals surface area contributed by atoms with Crippen LogP contribution in [0, 0.1) is 11.3 Å². The van der Waals surface area contributed by atoms with Gasteiger partial charge >= 0.3 is 11.9 Å². The number of carbonyl (C=O) groups excluding carboxylic acids is 3. The Morgan fingerprint density at radius 2 is 1.67 bits per heavy atom. The third kappa shape index (κ3) is 7.15. The van der Waals surface area contributed by atoms with E-state index in [1.54, 1.807) is 88.5 Å². The SMILES string of the molecule is CC(C)(C)OC(=O)C[C@H](NC(=O)c1ccn2cc(-c3ccc(C#N)cc3)nc2c1)C(=O)OC(C)(C)C. The summed E-state index contributed by atoms with van der Waals surface area (Å²) in [7, 11) is 0. The molecular formula is C27H30N4O5. The number of nitrogens with one attached hydrogen (secondary N) is 1. The second kappa shape index (κ2) is 10.2. The highest BCUT2D eigenvalue weighted by atomic mass is 16.6. The number of nitriles is 1. The largest absolute Gasteiger partial charge is 0.460 e. The van der Waals surface area contributed by atoms with E-state index >= 15 is 0 Å². The lowest BCUT2D eigenvalue weighted by Gasteiger charge is -2.25. The smallest absolute Gasteiger partial charge is 0.329 e. The summed E-state index contributed by atoms with van der Waals surface area (Å²) in [5, 5.41) is 11.6. The number of pyridine rings is 1. The zero-order valence-corrected chi connectivity index (χ0v) is 21.3. The first-order chi connectivity index (χ1) is 16.7. The van der Waals surface area contributed by atoms with Crippen molar-refractivity contribution in [3.63, 3.8) is 0 Å². The van der Waals surface area contributed by atoms with Crippen LogP contribution in [0.15, 0.2) is 48.8 Å². The van der Waals surface area contributed by atoms with Crippen molar-refractivity contribution in [2.45, 2.75) is 65.2 Å². The van der Waals surface area contributed by atoms with E-state index in [0.29, 0.717) is 16.9 Å². The average Bonchev–Trinajstić information content (AvgIpc) is 3.19. The molecule has 0 aliphatic heterocycles. The van der Waals surface area contributed by atoms with Gasteiger partial charge in [0.15, 0.2) is 0 Å². The summed E-state index contributed by atoms with van der Waals surface area (Å²) >= 11 is 0. The third-order valence-electron chi connectivity index (χ3n) is 4.82. The van der Waals surface area contributed by atoms with E-state index in [9.17, 15) is 14.4 Å². The summed E-state index contributed by atoms with van der Waals surface area (Å²) in [6.07, 6.45) is 3.12. The molecule has 3 rings (SSSR count). The molecular weight excluding hydrogens is 460 g/mol. The lowest BCUT2D eigenvalue weighted by molar-refractivity contribution is -0.164. The van der Waals surface area contributed by atoms with Crippen molar-refractivity contribution in [1.29, 1.82) is 5.26 Å². The van der Waals surface area contributed by atoms with Crippen LogP contribution in [0.2, 0.25) is 0 Å². The minimum atomic E-state index is -1.23. The molecule has 0 fully saturated rings. The average molecular weight is 491 g/mol. The molecule has 36 heavy (non-hydrogen) atoms. The van der Waals surface area contributed by atoms with E-state index in [1.165, 1.54) is 0 Å². The molecule has 0 radical (unpaired) electrons. The van der Waals surface area contributed by atoms with Crippen molar-refractivity contribution in [3.05, 3.63) is 59.9 Å². The molecule has 1 aromatic carbocycles. The number of ether oxygens (including phenoxy) is 2. The highest BCUT2D eigenvalue weighted by Gasteiger charge is 2.31. The van der Waals surface area contributed by atoms with Gasteiger partial charge in [-0.15, -0.1) is 0 Å². The topological polar surface area (TPSA) is 123 Å². The molecule has 0 aliphatic carbocycles. The fraction of sp³-hybridized carbons (Fsp3) is 0.370. The highest BCUT2D eigenvalue weighted by Crippen LogP contribution is 2.21. The van der Waals surface area contributed by atoms with Crippen LogP contribution in [0.5, 0.6) is 0 Å². The highest BCUT2D eigenvalue weighted by molar-refractivity contribution is 5.98. The maximum atomic E-state index is 13.0. The molecule has 2 aromatic heterocycles. The van der Waals surface area contributed by atoms with Gasteiger partial charge in [0.25, 0.3) is 5.91 Å². The van der Waals surface area contributed by atoms with Gasteiger partial charge < -0.3 is 19.2 Å². The minimum absolute atomic E-state index is 0.261. The first-order valence-corrected chi connectivity index (χ1v) is 11.5. The molecule has 0 saturated heterocycles. The normalized spacial score (nSPS) is 12.5. The van der Waals surface area contributed by atoms with E-state index in [1.807, 2.05) is 6.20 Å². The Morgan fingerprint density at radius 1 is 1.03 bits per heavy atom. The fourth-order valence-corrected chi connectivity index (χ4v) is 3.34. The molecule has 9 nitrogen and oxygen atoms in total. The van der Waals surface area contributed by atoms with Crippen LogP contribution >= 0.6 is 0 Å². The van der Waals surface area contributed by atoms with Crippen molar-refractivity contribution in [3.8, 4) is 17.3 Å². The van der Waals surface area contributed by atoms with Crippen molar-refractivity contribution >= 4 is 23.5 Å². The van der Waals surface area contributed by atoms with Gasteiger partial charge in [0.1, 0.15) is 22.9 Å². The van der Waals surface area contributed by atoms with E-state index in [-0.39, 0.29) is 12.0 Å². The molecule has 0 aliphatic rings. The third-order valence-corrected chi connectivity index (χ3v) is 4.82. The zero-order chi connectivity index (χ0) is 26.7. The van der Waals surface area contributed by atoms with Gasteiger partial charge in [-0.3, -0.25) is 9.59 Å². The number of imidazole rings is 1. The van der Waals surface area contributed by atoms with Crippen molar-refractivity contribution in [2.24, 2.45) is 0 Å². The predicted octanol–water partition coefficient (Wildman–Crippen LogP) is 4.04. The second-order valence-corrected chi connectivity index (χ2v) is 10.3. The Morgan fingerprint density at radius 3 is 2.25 bits per heavy atom. The molecule has 9 heteroatoms. The van der Waals surface area contributed by atoms with Gasteiger partial charge in [0.05, 0.1) is 23.7 Å². The van der Waals surface area contributed by atoms with Crippen LogP contribution in [-0.4, -0.2) is 44.5 Å². The van der Waals surface area contributed by atoms with Gasteiger partial charge in [-0.25, -0.2) is 9.78 Å². The number of benzene rings is 1. The van der Waals surface area contributed by atoms with E-state index < -0.39 is 35.1 Å². The summed E-state index contributed by atoms with van der Waals surface area (Å²) in [6.45, 7) is 10.3. The number of aromatic nitrogens is 2. The lowest BCUT2D eigenvalue weighted by atomic mass is 10.1. The predicted molar refractivity (Wildman–Crippen MR) is 133 cm³/mol. The van der Waals surface area contributed by atoms with Crippen molar-refractivity contribution in [2.75, 3.05) is 0 Å². The first-order valence-electron chi connectivity index (χ1n) is 11.5. The molecule has 188 valence electrons. The molecule has 3 aromatic rings. The van der Waals surface area contributed by atoms with Gasteiger partial charge in [0.2, 0.25) is 0 Å². The first kappa shape index (κ1) is 26.4. The molecule has 1 N–H and O–H groups in total. The van der Waals surface area contributed by atoms with Gasteiger partial charge in [-0.2, -0.15) is 5.26 Å². The number of nitrogens with zero attached hydrogens (tertiary/aromatic N) is 3. The fourth-order valence-electron chi connectivity index (χ4n) is 3.34. The van der Waals surface area contributed by atoms with E-state index in [0.717, 1.165) is 5.56 Å². The summed E-state index contributed by atoms with van der Waals surface area (Å²) < 4.78 is 12.5. The van der Waals surface area contributed by atoms with Gasteiger partial charge in [0, 0.05) is 23.5 Å². The second-order valence-electron chi connectivity index (χ2n) is 10.3. The molecule has 0 spiro atoms. The summed E-state index contributed by atoms with van der Waals surface area (Å²) in [6, 6.07) is 11.0. The number of hydrogen-bond acceptors (Lipinski definition) is 7. The number of hydrogen-bond donors (Lipinski definition) is 1. The van der Waals surface area contributed by atoms with Crippen LogP contribution < -0.4 is 5.32 Å². The zero-order valence-electron chi connectivity index (χ0n) is 21.3. The lowest BCUT2D eigenvalue weighted by Crippen LogP contribution is -2.46. The van der Waals surface area contributed by atoms with E-state index in [2.05, 4.69) is 16.4 Å². The number of fused-ring (bicyclic) bond motifs is 1. The van der Waals surface area contributed by atoms with Crippen LogP contribution in [-0.2, 0) is 19.1 Å². The Kier molecular flexibility index (Phi) is 7.48. The van der Waals surface area contributed by atoms with Gasteiger partial charge in [-0.05, 0) is 65.8 Å². The molecule has 2 heterocycles. The summed E-state index contributed by atoms with van der Waals surface area (Å²) in [5.41, 5.74) is 1.29. The summed E-state index contributed by atoms with van der Waals surface area (Å²) in [5.74, 6) is -1.92. The Bertz CT molecular complexity index is 1320. The Labute approximate surface area is 210 Å². The number of esters is 2. The van der Waals surface area contributed by atoms with Crippen LogP contribution in [0.25, 0.3) is 16.9 Å². The van der Waals surface area contributed by atoms with E-state index in [4.69, 9.17) is 14.7 Å². The van der Waals surface area contributed by atoms with Crippen LogP contribution in [0.4, 0.5) is 0 Å². The summed E-state index contributed by atoms with van der Waals surface area (Å²) in [4.78, 5) is 42.8. The quantitative estimate of drug-likeness (QED) is 0.517. The van der Waals surface area contributed by atoms with Crippen LogP contribution in [0.1, 0.15) is 63.9 Å². The Hall–Kier alpha value is -4.19. The Balaban J connectivity index is 1.82. The molecule has 0 bridgehead atoms. The molecule has 1 amide bonds. The number of rotatable bonds is 6. The molecule has 0 saturated carbocycles. The monoisotopic (exact) mass is 490 g/mol. The standard InChI is InChI=1S/C27H30N4O5/c1-26(2,3)35-23(32)14-20(25(34)36-27(4,5)6)30-24(33)19-11-12-31-16-21(29-22(31)13-19)18-9-7-17(15-28)8-10-18/h7-13,16,20H,14H2,1-6H3,(H,30,33)/t20-/m0/s1. The van der Waals surface area contributed by atoms with Crippen LogP contribution in [0.3, 0.4) is 0 Å².